The summed E-state index contributed by atoms with van der Waals surface area (Å²) in [6.07, 6.45) is 0. The molecule has 0 amide bonds. The number of nitrogens with one attached hydrogen (secondary N) is 1. The molecule has 110 valence electrons. The Hall–Kier alpha value is -2.45. The van der Waals surface area contributed by atoms with Crippen molar-refractivity contribution in [1.29, 1.82) is 0 Å². The zero-order valence-corrected chi connectivity index (χ0v) is 11.6. The van der Waals surface area contributed by atoms with Crippen LogP contribution in [0.3, 0.4) is 0 Å². The first-order valence-corrected chi connectivity index (χ1v) is 7.35. The molecule has 7 nitrogen and oxygen atoms in total. The molecule has 8 heteroatoms. The van der Waals surface area contributed by atoms with Gasteiger partial charge in [-0.15, -0.1) is 0 Å². The van der Waals surface area contributed by atoms with Gasteiger partial charge in [0.1, 0.15) is 0 Å². The van der Waals surface area contributed by atoms with Crippen LogP contribution in [0.4, 0.5) is 11.4 Å². The second kappa shape index (κ2) is 5.90. The lowest BCUT2D eigenvalue weighted by Crippen LogP contribution is -2.01. The molecule has 0 aliphatic carbocycles. The van der Waals surface area contributed by atoms with E-state index in [1.54, 1.807) is 12.1 Å². The van der Waals surface area contributed by atoms with Crippen LogP contribution < -0.4 is 5.32 Å². The zero-order chi connectivity index (χ0) is 15.5. The third-order valence-electron chi connectivity index (χ3n) is 2.80. The Morgan fingerprint density at radius 1 is 1.05 bits per heavy atom. The molecule has 0 saturated heterocycles. The van der Waals surface area contributed by atoms with E-state index in [0.29, 0.717) is 12.2 Å². The number of hydrogen-bond acceptors (Lipinski definition) is 5. The number of non-ortho nitro benzene ring substituents is 1. The largest absolute Gasteiger partial charge is 0.381 e. The summed E-state index contributed by atoms with van der Waals surface area (Å²) >= 11 is 0. The van der Waals surface area contributed by atoms with Crippen LogP contribution in [0, 0.1) is 10.1 Å². The molecule has 2 N–H and O–H groups in total. The number of nitro groups is 1. The highest BCUT2D eigenvalue weighted by molar-refractivity contribution is 7.85. The van der Waals surface area contributed by atoms with Gasteiger partial charge in [-0.1, -0.05) is 12.1 Å². The highest BCUT2D eigenvalue weighted by atomic mass is 32.2. The van der Waals surface area contributed by atoms with E-state index >= 15 is 0 Å². The topological polar surface area (TPSA) is 110 Å². The number of benzene rings is 2. The van der Waals surface area contributed by atoms with Crippen LogP contribution in [0.25, 0.3) is 0 Å². The Kier molecular flexibility index (Phi) is 4.20. The first-order valence-electron chi connectivity index (χ1n) is 5.91. The molecule has 0 atom stereocenters. The molecule has 21 heavy (non-hydrogen) atoms. The predicted octanol–water partition coefficient (Wildman–Crippen LogP) is 2.45. The third kappa shape index (κ3) is 4.01. The molecule has 0 spiro atoms. The van der Waals surface area contributed by atoms with Gasteiger partial charge in [0, 0.05) is 24.4 Å². The molecule has 0 heterocycles. The van der Waals surface area contributed by atoms with Crippen LogP contribution in [0.2, 0.25) is 0 Å². The summed E-state index contributed by atoms with van der Waals surface area (Å²) in [5.41, 5.74) is 1.54. The minimum Gasteiger partial charge on any atom is -0.381 e. The van der Waals surface area contributed by atoms with Crippen LogP contribution >= 0.6 is 0 Å². The summed E-state index contributed by atoms with van der Waals surface area (Å²) < 4.78 is 30.6. The van der Waals surface area contributed by atoms with E-state index in [0.717, 1.165) is 5.56 Å². The Balaban J connectivity index is 2.01. The summed E-state index contributed by atoms with van der Waals surface area (Å²) in [6, 6.07) is 11.7. The molecule has 0 bridgehead atoms. The number of nitrogens with zero attached hydrogens (tertiary/aromatic N) is 1. The molecule has 2 aromatic rings. The van der Waals surface area contributed by atoms with Gasteiger partial charge >= 0.3 is 0 Å². The van der Waals surface area contributed by atoms with Crippen molar-refractivity contribution < 1.29 is 17.9 Å². The quantitative estimate of drug-likeness (QED) is 0.499. The summed E-state index contributed by atoms with van der Waals surface area (Å²) in [5, 5.41) is 13.6. The van der Waals surface area contributed by atoms with E-state index < -0.39 is 15.0 Å². The third-order valence-corrected chi connectivity index (χ3v) is 3.66. The van der Waals surface area contributed by atoms with E-state index in [9.17, 15) is 18.5 Å². The van der Waals surface area contributed by atoms with Gasteiger partial charge in [-0.05, 0) is 29.8 Å². The van der Waals surface area contributed by atoms with Crippen LogP contribution in [0.1, 0.15) is 5.56 Å². The van der Waals surface area contributed by atoms with E-state index in [1.807, 2.05) is 0 Å². The van der Waals surface area contributed by atoms with Crippen LogP contribution in [-0.4, -0.2) is 17.9 Å². The molecule has 0 aromatic heterocycles. The lowest BCUT2D eigenvalue weighted by atomic mass is 10.2. The van der Waals surface area contributed by atoms with Gasteiger partial charge in [-0.2, -0.15) is 8.42 Å². The molecule has 0 aliphatic rings. The SMILES string of the molecule is O=[N+]([O-])c1ccc(CNc2ccc(S(=O)(=O)O)cc2)cc1. The van der Waals surface area contributed by atoms with Crippen molar-refractivity contribution in [1.82, 2.24) is 0 Å². The number of hydrogen-bond donors (Lipinski definition) is 2. The average molecular weight is 308 g/mol. The number of nitro benzene ring substituents is 1. The van der Waals surface area contributed by atoms with Crippen molar-refractivity contribution in [2.24, 2.45) is 0 Å². The second-order valence-electron chi connectivity index (χ2n) is 4.28. The molecule has 0 radical (unpaired) electrons. The number of anilines is 1. The first kappa shape index (κ1) is 14.9. The van der Waals surface area contributed by atoms with E-state index in [-0.39, 0.29) is 10.6 Å². The minimum absolute atomic E-state index is 0.0243. The minimum atomic E-state index is -4.19. The summed E-state index contributed by atoms with van der Waals surface area (Å²) in [4.78, 5) is 9.88. The molecule has 0 fully saturated rings. The molecule has 2 rings (SSSR count). The van der Waals surface area contributed by atoms with Gasteiger partial charge in [0.15, 0.2) is 0 Å². The zero-order valence-electron chi connectivity index (χ0n) is 10.8. The Labute approximate surface area is 121 Å². The number of rotatable bonds is 5. The van der Waals surface area contributed by atoms with Gasteiger partial charge in [0.05, 0.1) is 9.82 Å². The van der Waals surface area contributed by atoms with Crippen molar-refractivity contribution in [2.75, 3.05) is 5.32 Å². The lowest BCUT2D eigenvalue weighted by Gasteiger charge is -2.07. The maximum absolute atomic E-state index is 10.9. The smallest absolute Gasteiger partial charge is 0.294 e. The second-order valence-corrected chi connectivity index (χ2v) is 5.70. The molecular weight excluding hydrogens is 296 g/mol. The molecule has 0 saturated carbocycles. The maximum atomic E-state index is 10.9. The summed E-state index contributed by atoms with van der Waals surface area (Å²) in [7, 11) is -4.19. The van der Waals surface area contributed by atoms with Crippen molar-refractivity contribution in [3.63, 3.8) is 0 Å². The van der Waals surface area contributed by atoms with Gasteiger partial charge in [0.25, 0.3) is 15.8 Å². The van der Waals surface area contributed by atoms with Gasteiger partial charge < -0.3 is 5.32 Å². The van der Waals surface area contributed by atoms with Crippen molar-refractivity contribution in [3.05, 3.63) is 64.2 Å². The van der Waals surface area contributed by atoms with Crippen molar-refractivity contribution >= 4 is 21.5 Å². The van der Waals surface area contributed by atoms with Crippen LogP contribution in [-0.2, 0) is 16.7 Å². The fraction of sp³-hybridized carbons (Fsp3) is 0.0769. The molecular formula is C13H12N2O5S. The van der Waals surface area contributed by atoms with Gasteiger partial charge in [-0.3, -0.25) is 14.7 Å². The monoisotopic (exact) mass is 308 g/mol. The fourth-order valence-electron chi connectivity index (χ4n) is 1.68. The van der Waals surface area contributed by atoms with Gasteiger partial charge in [-0.25, -0.2) is 0 Å². The Bertz CT molecular complexity index is 739. The first-order chi connectivity index (χ1) is 9.86. The van der Waals surface area contributed by atoms with Crippen molar-refractivity contribution in [2.45, 2.75) is 11.4 Å². The van der Waals surface area contributed by atoms with Gasteiger partial charge in [0.2, 0.25) is 0 Å². The normalized spacial score (nSPS) is 11.1. The summed E-state index contributed by atoms with van der Waals surface area (Å²) in [6.45, 7) is 0.434. The maximum Gasteiger partial charge on any atom is 0.294 e. The molecule has 0 aliphatic heterocycles. The van der Waals surface area contributed by atoms with Crippen LogP contribution in [0.15, 0.2) is 53.4 Å². The predicted molar refractivity (Wildman–Crippen MR) is 76.7 cm³/mol. The standard InChI is InChI=1S/C13H12N2O5S/c16-15(17)12-5-1-10(2-6-12)9-14-11-3-7-13(8-4-11)21(18,19)20/h1-8,14H,9H2,(H,18,19,20). The van der Waals surface area contributed by atoms with Crippen molar-refractivity contribution in [3.8, 4) is 0 Å². The van der Waals surface area contributed by atoms with E-state index in [4.69, 9.17) is 4.55 Å². The Morgan fingerprint density at radius 3 is 2.10 bits per heavy atom. The highest BCUT2D eigenvalue weighted by Gasteiger charge is 2.08. The summed E-state index contributed by atoms with van der Waals surface area (Å²) in [5.74, 6) is 0. The highest BCUT2D eigenvalue weighted by Crippen LogP contribution is 2.16. The van der Waals surface area contributed by atoms with E-state index in [2.05, 4.69) is 5.32 Å². The molecule has 0 unspecified atom stereocenters. The Morgan fingerprint density at radius 2 is 1.62 bits per heavy atom. The average Bonchev–Trinajstić information content (AvgIpc) is 2.45. The van der Waals surface area contributed by atoms with E-state index in [1.165, 1.54) is 36.4 Å². The fourth-order valence-corrected chi connectivity index (χ4v) is 2.16. The lowest BCUT2D eigenvalue weighted by molar-refractivity contribution is -0.384. The molecule has 2 aromatic carbocycles. The van der Waals surface area contributed by atoms with Crippen LogP contribution in [0.5, 0.6) is 0 Å².